The van der Waals surface area contributed by atoms with Crippen molar-refractivity contribution in [1.82, 2.24) is 14.4 Å². The number of methoxy groups -OCH3 is 1. The van der Waals surface area contributed by atoms with Gasteiger partial charge in [-0.1, -0.05) is 19.4 Å². The Morgan fingerprint density at radius 3 is 2.74 bits per heavy atom. The summed E-state index contributed by atoms with van der Waals surface area (Å²) in [4.78, 5) is 22.0. The minimum atomic E-state index is -0.486. The average molecular weight is 480 g/mol. The van der Waals surface area contributed by atoms with Crippen molar-refractivity contribution in [2.75, 3.05) is 19.0 Å². The van der Waals surface area contributed by atoms with Crippen LogP contribution in [0.2, 0.25) is 0 Å². The van der Waals surface area contributed by atoms with Crippen LogP contribution < -0.4 is 15.8 Å². The Hall–Kier alpha value is -3.13. The van der Waals surface area contributed by atoms with E-state index < -0.39 is 6.09 Å². The van der Waals surface area contributed by atoms with Crippen LogP contribution in [-0.2, 0) is 4.74 Å². The number of imidazole rings is 1. The van der Waals surface area contributed by atoms with Gasteiger partial charge in [-0.3, -0.25) is 14.7 Å². The summed E-state index contributed by atoms with van der Waals surface area (Å²) >= 11 is 0. The van der Waals surface area contributed by atoms with E-state index in [1.165, 1.54) is 0 Å². The summed E-state index contributed by atoms with van der Waals surface area (Å²) in [6.45, 7) is 6.72. The Balaban J connectivity index is 1.65. The highest BCUT2D eigenvalue weighted by atomic mass is 16.6. The summed E-state index contributed by atoms with van der Waals surface area (Å²) in [5.41, 5.74) is 10.2. The van der Waals surface area contributed by atoms with E-state index in [1.807, 2.05) is 44.4 Å². The third kappa shape index (κ3) is 5.42. The summed E-state index contributed by atoms with van der Waals surface area (Å²) in [5, 5.41) is 2.81. The van der Waals surface area contributed by atoms with Gasteiger partial charge in [0.15, 0.2) is 0 Å². The lowest BCUT2D eigenvalue weighted by molar-refractivity contribution is 0.115. The normalized spacial score (nSPS) is 18.9. The Labute approximate surface area is 207 Å². The highest BCUT2D eigenvalue weighted by molar-refractivity contribution is 5.89. The number of hydrogen-bond acceptors (Lipinski definition) is 6. The molecular formula is C27H37N5O3. The molecule has 1 aromatic carbocycles. The second-order valence-electron chi connectivity index (χ2n) is 9.55. The molecule has 8 heteroatoms. The number of aromatic nitrogens is 3. The van der Waals surface area contributed by atoms with Gasteiger partial charge in [-0.15, -0.1) is 0 Å². The number of rotatable bonds is 8. The quantitative estimate of drug-likeness (QED) is 0.431. The first-order valence-electron chi connectivity index (χ1n) is 12.6. The maximum Gasteiger partial charge on any atom is 0.412 e. The lowest BCUT2D eigenvalue weighted by Gasteiger charge is -2.26. The molecule has 3 aromatic rings. The van der Waals surface area contributed by atoms with E-state index >= 15 is 0 Å². The van der Waals surface area contributed by atoms with Crippen molar-refractivity contribution in [2.45, 2.75) is 71.3 Å². The number of nitrogens with zero attached hydrogens (tertiary/aromatic N) is 3. The fourth-order valence-corrected chi connectivity index (χ4v) is 5.09. The SMILES string of the molecule is CCC[C@H](C)OC(=O)Nc1ccc(-c2nc(C3CCC(CN)CC3)n3ccnc(C)c23)cc1OC. The highest BCUT2D eigenvalue weighted by Gasteiger charge is 2.27. The molecule has 0 aliphatic heterocycles. The van der Waals surface area contributed by atoms with Crippen molar-refractivity contribution in [3.8, 4) is 17.0 Å². The minimum absolute atomic E-state index is 0.143. The number of nitrogens with one attached hydrogen (secondary N) is 1. The van der Waals surface area contributed by atoms with Crippen LogP contribution in [0.25, 0.3) is 16.8 Å². The second-order valence-corrected chi connectivity index (χ2v) is 9.55. The number of carbonyl (C=O) groups is 1. The van der Waals surface area contributed by atoms with Gasteiger partial charge in [0.2, 0.25) is 0 Å². The van der Waals surface area contributed by atoms with Crippen LogP contribution in [0.5, 0.6) is 5.75 Å². The monoisotopic (exact) mass is 479 g/mol. The molecular weight excluding hydrogens is 442 g/mol. The molecule has 1 aliphatic rings. The summed E-state index contributed by atoms with van der Waals surface area (Å²) in [5.74, 6) is 2.63. The predicted molar refractivity (Wildman–Crippen MR) is 138 cm³/mol. The first-order valence-corrected chi connectivity index (χ1v) is 12.6. The summed E-state index contributed by atoms with van der Waals surface area (Å²) in [6.07, 6.45) is 9.43. The fraction of sp³-hybridized carbons (Fsp3) is 0.519. The average Bonchev–Trinajstić information content (AvgIpc) is 3.25. The zero-order valence-corrected chi connectivity index (χ0v) is 21.2. The predicted octanol–water partition coefficient (Wildman–Crippen LogP) is 5.68. The van der Waals surface area contributed by atoms with E-state index in [1.54, 1.807) is 7.11 Å². The van der Waals surface area contributed by atoms with Gasteiger partial charge in [-0.25, -0.2) is 9.78 Å². The standard InChI is InChI=1S/C27H37N5O3/c1-5-6-17(2)35-27(33)30-22-12-11-21(15-23(22)34-4)24-25-18(3)29-13-14-32(25)26(31-24)20-9-7-19(16-28)8-10-20/h11-15,17,19-20H,5-10,16,28H2,1-4H3,(H,30,33)/t17-,19?,20?/m0/s1. The van der Waals surface area contributed by atoms with Crippen LogP contribution in [0.4, 0.5) is 10.5 Å². The first-order chi connectivity index (χ1) is 16.9. The van der Waals surface area contributed by atoms with Gasteiger partial charge in [0.05, 0.1) is 29.7 Å². The molecule has 1 atom stereocenters. The van der Waals surface area contributed by atoms with E-state index in [2.05, 4.69) is 21.6 Å². The van der Waals surface area contributed by atoms with Gasteiger partial charge in [0.1, 0.15) is 17.7 Å². The topological polar surface area (TPSA) is 104 Å². The molecule has 0 spiro atoms. The Morgan fingerprint density at radius 2 is 2.06 bits per heavy atom. The molecule has 2 aromatic heterocycles. The molecule has 8 nitrogen and oxygen atoms in total. The van der Waals surface area contributed by atoms with Crippen molar-refractivity contribution in [3.63, 3.8) is 0 Å². The number of fused-ring (bicyclic) bond motifs is 1. The van der Waals surface area contributed by atoms with Crippen LogP contribution in [0, 0.1) is 12.8 Å². The third-order valence-corrected chi connectivity index (χ3v) is 7.03. The first kappa shape index (κ1) is 25.0. The second kappa shape index (κ2) is 11.1. The van der Waals surface area contributed by atoms with Gasteiger partial charge >= 0.3 is 6.09 Å². The number of carbonyl (C=O) groups excluding carboxylic acids is 1. The molecule has 1 amide bonds. The van der Waals surface area contributed by atoms with Crippen LogP contribution in [-0.4, -0.2) is 40.2 Å². The minimum Gasteiger partial charge on any atom is -0.495 e. The molecule has 0 radical (unpaired) electrons. The molecule has 0 bridgehead atoms. The number of benzene rings is 1. The summed E-state index contributed by atoms with van der Waals surface area (Å²) in [6, 6.07) is 5.70. The van der Waals surface area contributed by atoms with E-state index in [9.17, 15) is 4.79 Å². The van der Waals surface area contributed by atoms with Crippen molar-refractivity contribution in [2.24, 2.45) is 11.7 Å². The lowest BCUT2D eigenvalue weighted by atomic mass is 9.81. The molecule has 188 valence electrons. The largest absolute Gasteiger partial charge is 0.495 e. The van der Waals surface area contributed by atoms with Gasteiger partial charge in [0.25, 0.3) is 0 Å². The highest BCUT2D eigenvalue weighted by Crippen LogP contribution is 2.39. The molecule has 2 heterocycles. The Bertz CT molecular complexity index is 1170. The van der Waals surface area contributed by atoms with Crippen molar-refractivity contribution >= 4 is 17.3 Å². The fourth-order valence-electron chi connectivity index (χ4n) is 5.09. The van der Waals surface area contributed by atoms with E-state index in [4.69, 9.17) is 20.2 Å². The molecule has 1 saturated carbocycles. The molecule has 1 fully saturated rings. The Kier molecular flexibility index (Phi) is 7.90. The summed E-state index contributed by atoms with van der Waals surface area (Å²) in [7, 11) is 1.59. The number of hydrogen-bond donors (Lipinski definition) is 2. The van der Waals surface area contributed by atoms with E-state index in [0.29, 0.717) is 23.3 Å². The molecule has 0 unspecified atom stereocenters. The van der Waals surface area contributed by atoms with E-state index in [-0.39, 0.29) is 6.10 Å². The van der Waals surface area contributed by atoms with Crippen LogP contribution in [0.1, 0.15) is 69.8 Å². The molecule has 1 aliphatic carbocycles. The maximum absolute atomic E-state index is 12.3. The van der Waals surface area contributed by atoms with E-state index in [0.717, 1.165) is 73.4 Å². The van der Waals surface area contributed by atoms with Gasteiger partial charge < -0.3 is 15.2 Å². The third-order valence-electron chi connectivity index (χ3n) is 7.03. The number of aryl methyl sites for hydroxylation is 1. The molecule has 3 N–H and O–H groups in total. The molecule has 4 rings (SSSR count). The summed E-state index contributed by atoms with van der Waals surface area (Å²) < 4.78 is 13.2. The van der Waals surface area contributed by atoms with Crippen molar-refractivity contribution in [3.05, 3.63) is 42.1 Å². The van der Waals surface area contributed by atoms with Crippen LogP contribution in [0.15, 0.2) is 30.6 Å². The lowest BCUT2D eigenvalue weighted by Crippen LogP contribution is -2.21. The number of amides is 1. The smallest absolute Gasteiger partial charge is 0.412 e. The number of anilines is 1. The van der Waals surface area contributed by atoms with Gasteiger partial charge in [0, 0.05) is 23.9 Å². The Morgan fingerprint density at radius 1 is 1.29 bits per heavy atom. The van der Waals surface area contributed by atoms with Crippen molar-refractivity contribution < 1.29 is 14.3 Å². The zero-order chi connectivity index (χ0) is 24.9. The van der Waals surface area contributed by atoms with Gasteiger partial charge in [-0.2, -0.15) is 0 Å². The van der Waals surface area contributed by atoms with Crippen LogP contribution >= 0.6 is 0 Å². The number of nitrogens with two attached hydrogens (primary N) is 1. The molecule has 35 heavy (non-hydrogen) atoms. The maximum atomic E-state index is 12.3. The molecule has 0 saturated heterocycles. The van der Waals surface area contributed by atoms with Crippen molar-refractivity contribution in [1.29, 1.82) is 0 Å². The van der Waals surface area contributed by atoms with Crippen LogP contribution in [0.3, 0.4) is 0 Å². The van der Waals surface area contributed by atoms with Gasteiger partial charge in [-0.05, 0) is 70.5 Å². The zero-order valence-electron chi connectivity index (χ0n) is 21.2. The number of ether oxygens (including phenoxy) is 2.